The number of fused-ring (bicyclic) bond motifs is 9. The smallest absolute Gasteiger partial charge is 0.145 e. The van der Waals surface area contributed by atoms with Crippen LogP contribution in [0.2, 0.25) is 0 Å². The average Bonchev–Trinajstić information content (AvgIpc) is 3.78. The van der Waals surface area contributed by atoms with Crippen molar-refractivity contribution in [2.24, 2.45) is 0 Å². The van der Waals surface area contributed by atoms with Crippen LogP contribution in [0.1, 0.15) is 0 Å². The van der Waals surface area contributed by atoms with Gasteiger partial charge in [-0.25, -0.2) is 0 Å². The highest BCUT2D eigenvalue weighted by molar-refractivity contribution is 6.18. The van der Waals surface area contributed by atoms with Gasteiger partial charge in [0.15, 0.2) is 0 Å². The third-order valence-corrected chi connectivity index (χ3v) is 10.7. The van der Waals surface area contributed by atoms with Crippen LogP contribution < -0.4 is 4.90 Å². The van der Waals surface area contributed by atoms with Crippen LogP contribution in [0.5, 0.6) is 0 Å². The fourth-order valence-corrected chi connectivity index (χ4v) is 8.36. The zero-order chi connectivity index (χ0) is 34.9. The van der Waals surface area contributed by atoms with E-state index in [2.05, 4.69) is 198 Å². The van der Waals surface area contributed by atoms with Crippen molar-refractivity contribution in [3.8, 4) is 16.8 Å². The van der Waals surface area contributed by atoms with Crippen molar-refractivity contribution in [1.29, 1.82) is 0 Å². The van der Waals surface area contributed by atoms with Gasteiger partial charge in [-0.05, 0) is 87.8 Å². The molecule has 2 aromatic heterocycles. The minimum absolute atomic E-state index is 0.872. The van der Waals surface area contributed by atoms with Crippen molar-refractivity contribution in [2.75, 3.05) is 4.90 Å². The molecule has 0 bridgehead atoms. The highest BCUT2D eigenvalue weighted by atomic mass is 16.3. The van der Waals surface area contributed by atoms with Gasteiger partial charge in [-0.2, -0.15) is 0 Å². The molecule has 0 aliphatic heterocycles. The first-order valence-corrected chi connectivity index (χ1v) is 18.1. The second kappa shape index (κ2) is 11.7. The van der Waals surface area contributed by atoms with Gasteiger partial charge in [-0.15, -0.1) is 0 Å². The van der Waals surface area contributed by atoms with Crippen LogP contribution >= 0.6 is 0 Å². The molecule has 0 saturated carbocycles. The van der Waals surface area contributed by atoms with Crippen LogP contribution in [-0.4, -0.2) is 4.57 Å². The molecular formula is C50H32N2O. The number of hydrogen-bond donors (Lipinski definition) is 0. The molecule has 248 valence electrons. The lowest BCUT2D eigenvalue weighted by Crippen LogP contribution is -2.11. The van der Waals surface area contributed by atoms with E-state index in [1.165, 1.54) is 37.8 Å². The molecule has 53 heavy (non-hydrogen) atoms. The van der Waals surface area contributed by atoms with E-state index in [9.17, 15) is 0 Å². The molecule has 0 fully saturated rings. The summed E-state index contributed by atoms with van der Waals surface area (Å²) in [5, 5.41) is 9.56. The number of furan rings is 1. The third kappa shape index (κ3) is 4.61. The Balaban J connectivity index is 1.23. The van der Waals surface area contributed by atoms with Gasteiger partial charge >= 0.3 is 0 Å². The third-order valence-electron chi connectivity index (χ3n) is 10.7. The Kier molecular flexibility index (Phi) is 6.55. The van der Waals surface area contributed by atoms with Crippen molar-refractivity contribution >= 4 is 82.4 Å². The Hall–Kier alpha value is -7.10. The molecule has 0 aliphatic rings. The van der Waals surface area contributed by atoms with E-state index in [4.69, 9.17) is 4.42 Å². The summed E-state index contributed by atoms with van der Waals surface area (Å²) in [5.74, 6) is 0. The van der Waals surface area contributed by atoms with Gasteiger partial charge in [0.2, 0.25) is 0 Å². The second-order valence-corrected chi connectivity index (χ2v) is 13.7. The first-order valence-electron chi connectivity index (χ1n) is 18.1. The number of para-hydroxylation sites is 3. The summed E-state index contributed by atoms with van der Waals surface area (Å²) < 4.78 is 9.16. The second-order valence-electron chi connectivity index (χ2n) is 13.7. The quantitative estimate of drug-likeness (QED) is 0.169. The minimum Gasteiger partial charge on any atom is -0.455 e. The van der Waals surface area contributed by atoms with Gasteiger partial charge in [-0.1, -0.05) is 133 Å². The Morgan fingerprint density at radius 3 is 1.89 bits per heavy atom. The van der Waals surface area contributed by atoms with Crippen LogP contribution in [-0.2, 0) is 0 Å². The van der Waals surface area contributed by atoms with Crippen LogP contribution in [0.25, 0.3) is 82.1 Å². The lowest BCUT2D eigenvalue weighted by atomic mass is 9.98. The molecule has 0 atom stereocenters. The predicted octanol–water partition coefficient (Wildman–Crippen LogP) is 14.1. The van der Waals surface area contributed by atoms with Crippen LogP contribution in [0.3, 0.4) is 0 Å². The van der Waals surface area contributed by atoms with Crippen molar-refractivity contribution < 1.29 is 4.42 Å². The Bertz CT molecular complexity index is 3170. The van der Waals surface area contributed by atoms with Gasteiger partial charge in [0, 0.05) is 38.8 Å². The fourth-order valence-electron chi connectivity index (χ4n) is 8.36. The SMILES string of the molecule is c1ccc(-c2ccc(N(c3ccc4c(ccc5ccccc54)c3)c3ccc4c5ccccc5n(-c5ccccc5)c4c3)c3c2oc2ccccc23)cc1. The Morgan fingerprint density at radius 1 is 0.415 bits per heavy atom. The van der Waals surface area contributed by atoms with E-state index >= 15 is 0 Å². The van der Waals surface area contributed by atoms with Crippen molar-refractivity contribution in [1.82, 2.24) is 4.57 Å². The first-order chi connectivity index (χ1) is 26.3. The van der Waals surface area contributed by atoms with Crippen LogP contribution in [0.15, 0.2) is 199 Å². The molecule has 3 nitrogen and oxygen atoms in total. The molecule has 11 aromatic rings. The van der Waals surface area contributed by atoms with Crippen LogP contribution in [0, 0.1) is 0 Å². The predicted molar refractivity (Wildman–Crippen MR) is 223 cm³/mol. The monoisotopic (exact) mass is 676 g/mol. The van der Waals surface area contributed by atoms with Crippen molar-refractivity contribution in [2.45, 2.75) is 0 Å². The number of aromatic nitrogens is 1. The van der Waals surface area contributed by atoms with Gasteiger partial charge in [0.05, 0.1) is 22.1 Å². The summed E-state index contributed by atoms with van der Waals surface area (Å²) in [5.41, 5.74) is 10.6. The summed E-state index contributed by atoms with van der Waals surface area (Å²) in [4.78, 5) is 2.42. The fraction of sp³-hybridized carbons (Fsp3) is 0. The largest absolute Gasteiger partial charge is 0.455 e. The molecule has 0 aliphatic carbocycles. The zero-order valence-electron chi connectivity index (χ0n) is 28.8. The Labute approximate surface area is 306 Å². The van der Waals surface area contributed by atoms with Crippen LogP contribution in [0.4, 0.5) is 17.1 Å². The normalized spacial score (nSPS) is 11.8. The van der Waals surface area contributed by atoms with E-state index in [0.29, 0.717) is 0 Å². The highest BCUT2D eigenvalue weighted by Gasteiger charge is 2.23. The van der Waals surface area contributed by atoms with E-state index < -0.39 is 0 Å². The lowest BCUT2D eigenvalue weighted by Gasteiger charge is -2.27. The molecular weight excluding hydrogens is 645 g/mol. The number of rotatable bonds is 5. The molecule has 0 unspecified atom stereocenters. The molecule has 0 radical (unpaired) electrons. The molecule has 0 amide bonds. The summed E-state index contributed by atoms with van der Waals surface area (Å²) in [6.07, 6.45) is 0. The molecule has 3 heteroatoms. The van der Waals surface area contributed by atoms with Gasteiger partial charge < -0.3 is 13.9 Å². The lowest BCUT2D eigenvalue weighted by molar-refractivity contribution is 0.670. The summed E-state index contributed by atoms with van der Waals surface area (Å²) in [7, 11) is 0. The van der Waals surface area contributed by atoms with Gasteiger partial charge in [0.1, 0.15) is 11.2 Å². The number of hydrogen-bond acceptors (Lipinski definition) is 2. The summed E-state index contributed by atoms with van der Waals surface area (Å²) in [6, 6.07) is 69.7. The number of anilines is 3. The first kappa shape index (κ1) is 29.6. The minimum atomic E-state index is 0.872. The molecule has 2 heterocycles. The maximum Gasteiger partial charge on any atom is 0.145 e. The maximum atomic E-state index is 6.78. The summed E-state index contributed by atoms with van der Waals surface area (Å²) >= 11 is 0. The molecule has 0 saturated heterocycles. The molecule has 0 spiro atoms. The van der Waals surface area contributed by atoms with E-state index in [1.54, 1.807) is 0 Å². The summed E-state index contributed by atoms with van der Waals surface area (Å²) in [6.45, 7) is 0. The van der Waals surface area contributed by atoms with Gasteiger partial charge in [0.25, 0.3) is 0 Å². The molecule has 11 rings (SSSR count). The standard InChI is InChI=1S/C50H32N2O/c1-3-13-33(14-4-1)41-29-30-46(49-44-20-10-12-22-48(44)53-50(41)49)51(37-25-27-40-35(31-37)24-23-34-15-7-8-18-39(34)40)38-26-28-43-42-19-9-11-21-45(42)52(47(43)32-38)36-16-5-2-6-17-36/h1-32H. The topological polar surface area (TPSA) is 21.3 Å². The zero-order valence-corrected chi connectivity index (χ0v) is 28.8. The van der Waals surface area contributed by atoms with Crippen molar-refractivity contribution in [3.05, 3.63) is 194 Å². The maximum absolute atomic E-state index is 6.78. The average molecular weight is 677 g/mol. The van der Waals surface area contributed by atoms with E-state index in [0.717, 1.165) is 61.3 Å². The number of nitrogens with zero attached hydrogens (tertiary/aromatic N) is 2. The number of benzene rings is 9. The van der Waals surface area contributed by atoms with Crippen molar-refractivity contribution in [3.63, 3.8) is 0 Å². The molecule has 0 N–H and O–H groups in total. The highest BCUT2D eigenvalue weighted by Crippen LogP contribution is 2.47. The Morgan fingerprint density at radius 2 is 1.04 bits per heavy atom. The molecule has 9 aromatic carbocycles. The van der Waals surface area contributed by atoms with Gasteiger partial charge in [-0.3, -0.25) is 0 Å². The van der Waals surface area contributed by atoms with E-state index in [1.807, 2.05) is 6.07 Å². The van der Waals surface area contributed by atoms with E-state index in [-0.39, 0.29) is 0 Å².